The number of nitro groups is 1. The van der Waals surface area contributed by atoms with Gasteiger partial charge in [-0.05, 0) is 19.1 Å². The molecule has 142 valence electrons. The monoisotopic (exact) mass is 395 g/mol. The molecular weight excluding hydrogens is 378 g/mol. The summed E-state index contributed by atoms with van der Waals surface area (Å²) in [6.45, 7) is 2.14. The first-order valence-corrected chi connectivity index (χ1v) is 9.17. The first kappa shape index (κ1) is 19.3. The first-order valence-electron chi connectivity index (χ1n) is 8.35. The van der Waals surface area contributed by atoms with E-state index in [9.17, 15) is 14.9 Å². The summed E-state index contributed by atoms with van der Waals surface area (Å²) in [4.78, 5) is 27.8. The zero-order valence-electron chi connectivity index (χ0n) is 15.3. The van der Waals surface area contributed by atoms with E-state index >= 15 is 0 Å². The summed E-state index contributed by atoms with van der Waals surface area (Å²) in [5.41, 5.74) is 2.44. The quantitative estimate of drug-likeness (QED) is 0.377. The maximum absolute atomic E-state index is 12.6. The number of carbonyl (C=O) groups is 1. The van der Waals surface area contributed by atoms with Crippen LogP contribution < -0.4 is 9.54 Å². The van der Waals surface area contributed by atoms with Gasteiger partial charge < -0.3 is 9.30 Å². The second kappa shape index (κ2) is 8.06. The molecule has 0 radical (unpaired) electrons. The molecule has 3 rings (SSSR count). The number of benzene rings is 2. The van der Waals surface area contributed by atoms with Gasteiger partial charge in [0.25, 0.3) is 11.6 Å². The Kier molecular flexibility index (Phi) is 5.57. The van der Waals surface area contributed by atoms with Gasteiger partial charge in [0, 0.05) is 17.7 Å². The van der Waals surface area contributed by atoms with Crippen LogP contribution in [0.25, 0.3) is 10.2 Å². The summed E-state index contributed by atoms with van der Waals surface area (Å²) in [7, 11) is 1.55. The van der Waals surface area contributed by atoms with E-state index in [-0.39, 0.29) is 24.6 Å². The topological polar surface area (TPSA) is 86.7 Å². The lowest BCUT2D eigenvalue weighted by molar-refractivity contribution is -0.384. The van der Waals surface area contributed by atoms with Gasteiger partial charge >= 0.3 is 0 Å². The van der Waals surface area contributed by atoms with Crippen LogP contribution in [0, 0.1) is 29.4 Å². The highest BCUT2D eigenvalue weighted by Crippen LogP contribution is 2.24. The number of methoxy groups -OCH3 is 1. The van der Waals surface area contributed by atoms with Crippen molar-refractivity contribution in [2.24, 2.45) is 4.99 Å². The minimum atomic E-state index is -0.462. The van der Waals surface area contributed by atoms with Gasteiger partial charge in [-0.1, -0.05) is 35.0 Å². The van der Waals surface area contributed by atoms with Crippen molar-refractivity contribution in [3.05, 3.63) is 62.4 Å². The molecule has 0 aliphatic heterocycles. The highest BCUT2D eigenvalue weighted by molar-refractivity contribution is 7.16. The van der Waals surface area contributed by atoms with Crippen molar-refractivity contribution in [3.8, 4) is 18.1 Å². The molecule has 0 atom stereocenters. The minimum Gasteiger partial charge on any atom is -0.496 e. The summed E-state index contributed by atoms with van der Waals surface area (Å²) in [6, 6.07) is 10.1. The van der Waals surface area contributed by atoms with Crippen molar-refractivity contribution >= 4 is 33.1 Å². The maximum Gasteiger partial charge on any atom is 0.270 e. The molecule has 0 unspecified atom stereocenters. The van der Waals surface area contributed by atoms with Gasteiger partial charge in [-0.2, -0.15) is 4.99 Å². The molecule has 1 aromatic heterocycles. The van der Waals surface area contributed by atoms with Crippen LogP contribution in [0.3, 0.4) is 0 Å². The summed E-state index contributed by atoms with van der Waals surface area (Å²) in [5.74, 6) is 2.80. The summed E-state index contributed by atoms with van der Waals surface area (Å²) in [5, 5.41) is 11.0. The molecule has 0 bridgehead atoms. The molecule has 0 fully saturated rings. The Hall–Kier alpha value is -3.44. The first-order chi connectivity index (χ1) is 13.4. The van der Waals surface area contributed by atoms with Crippen LogP contribution in [0.1, 0.15) is 11.1 Å². The number of fused-ring (bicyclic) bond motifs is 1. The minimum absolute atomic E-state index is 0.0241. The van der Waals surface area contributed by atoms with Crippen LogP contribution in [0.5, 0.6) is 5.75 Å². The molecule has 0 aliphatic rings. The van der Waals surface area contributed by atoms with Crippen LogP contribution in [0.15, 0.2) is 41.4 Å². The van der Waals surface area contributed by atoms with Crippen molar-refractivity contribution < 1.29 is 14.5 Å². The number of aromatic nitrogens is 1. The second-order valence-corrected chi connectivity index (χ2v) is 7.09. The molecule has 2 aromatic carbocycles. The smallest absolute Gasteiger partial charge is 0.270 e. The molecule has 1 heterocycles. The fourth-order valence-electron chi connectivity index (χ4n) is 2.86. The summed E-state index contributed by atoms with van der Waals surface area (Å²) in [6.07, 6.45) is 5.53. The number of aryl methyl sites for hydroxylation is 1. The summed E-state index contributed by atoms with van der Waals surface area (Å²) >= 11 is 1.19. The number of nitro benzene ring substituents is 1. The fraction of sp³-hybridized carbons (Fsp3) is 0.200. The molecule has 1 amide bonds. The Morgan fingerprint density at radius 2 is 2.14 bits per heavy atom. The second-order valence-electron chi connectivity index (χ2n) is 6.08. The lowest BCUT2D eigenvalue weighted by Gasteiger charge is -2.07. The average molecular weight is 395 g/mol. The highest BCUT2D eigenvalue weighted by Gasteiger charge is 2.13. The average Bonchev–Trinajstić information content (AvgIpc) is 2.98. The van der Waals surface area contributed by atoms with Gasteiger partial charge in [-0.3, -0.25) is 14.9 Å². The van der Waals surface area contributed by atoms with Crippen molar-refractivity contribution in [2.45, 2.75) is 19.9 Å². The Morgan fingerprint density at radius 1 is 1.36 bits per heavy atom. The van der Waals surface area contributed by atoms with Gasteiger partial charge in [0.1, 0.15) is 5.75 Å². The maximum atomic E-state index is 12.6. The Labute approximate surface area is 165 Å². The zero-order valence-corrected chi connectivity index (χ0v) is 16.2. The van der Waals surface area contributed by atoms with Crippen molar-refractivity contribution in [1.82, 2.24) is 4.57 Å². The van der Waals surface area contributed by atoms with Crippen LogP contribution in [0.4, 0.5) is 5.69 Å². The van der Waals surface area contributed by atoms with Gasteiger partial charge in [0.2, 0.25) is 0 Å². The third-order valence-electron chi connectivity index (χ3n) is 4.12. The zero-order chi connectivity index (χ0) is 20.3. The SMILES string of the molecule is C#CCn1c(=NC(=O)Cc2cc(C)ccc2OC)sc2cc([N+](=O)[O-])ccc21. The van der Waals surface area contributed by atoms with E-state index in [1.807, 2.05) is 25.1 Å². The number of nitrogens with zero attached hydrogens (tertiary/aromatic N) is 3. The van der Waals surface area contributed by atoms with E-state index in [4.69, 9.17) is 11.2 Å². The predicted molar refractivity (Wildman–Crippen MR) is 107 cm³/mol. The van der Waals surface area contributed by atoms with Crippen LogP contribution in [-0.4, -0.2) is 22.5 Å². The summed E-state index contributed by atoms with van der Waals surface area (Å²) < 4.78 is 7.66. The van der Waals surface area contributed by atoms with Crippen LogP contribution >= 0.6 is 11.3 Å². The van der Waals surface area contributed by atoms with Crippen molar-refractivity contribution in [2.75, 3.05) is 7.11 Å². The van der Waals surface area contributed by atoms with E-state index in [1.54, 1.807) is 17.7 Å². The number of amides is 1. The lowest BCUT2D eigenvalue weighted by atomic mass is 10.1. The number of carbonyl (C=O) groups excluding carboxylic acids is 1. The van der Waals surface area contributed by atoms with Gasteiger partial charge in [-0.15, -0.1) is 6.42 Å². The molecule has 28 heavy (non-hydrogen) atoms. The molecule has 0 N–H and O–H groups in total. The Morgan fingerprint density at radius 3 is 2.82 bits per heavy atom. The number of thiazole rings is 1. The molecule has 8 heteroatoms. The Bertz CT molecular complexity index is 1180. The highest BCUT2D eigenvalue weighted by atomic mass is 32.1. The molecular formula is C20H17N3O4S. The van der Waals surface area contributed by atoms with Gasteiger partial charge in [0.05, 0.1) is 35.2 Å². The molecule has 0 aliphatic carbocycles. The Balaban J connectivity index is 2.04. The van der Waals surface area contributed by atoms with Crippen LogP contribution in [0.2, 0.25) is 0 Å². The number of terminal acetylenes is 1. The van der Waals surface area contributed by atoms with Crippen molar-refractivity contribution in [1.29, 1.82) is 0 Å². The lowest BCUT2D eigenvalue weighted by Crippen LogP contribution is -2.17. The van der Waals surface area contributed by atoms with E-state index in [0.717, 1.165) is 11.1 Å². The number of hydrogen-bond donors (Lipinski definition) is 0. The molecule has 0 saturated heterocycles. The van der Waals surface area contributed by atoms with E-state index in [0.29, 0.717) is 20.8 Å². The number of non-ortho nitro benzene ring substituents is 1. The fourth-order valence-corrected chi connectivity index (χ4v) is 3.94. The van der Waals surface area contributed by atoms with Crippen LogP contribution in [-0.2, 0) is 17.8 Å². The molecule has 3 aromatic rings. The van der Waals surface area contributed by atoms with E-state index in [1.165, 1.54) is 23.5 Å². The standard InChI is InChI=1S/C20H17N3O4S/c1-4-9-22-16-7-6-15(23(25)26)12-18(16)28-20(22)21-19(24)11-14-10-13(2)5-8-17(14)27-3/h1,5-8,10,12H,9,11H2,2-3H3. The molecule has 0 spiro atoms. The van der Waals surface area contributed by atoms with Gasteiger partial charge in [0.15, 0.2) is 4.80 Å². The number of ether oxygens (including phenoxy) is 1. The van der Waals surface area contributed by atoms with E-state index < -0.39 is 4.92 Å². The largest absolute Gasteiger partial charge is 0.496 e. The van der Waals surface area contributed by atoms with Crippen molar-refractivity contribution in [3.63, 3.8) is 0 Å². The predicted octanol–water partition coefficient (Wildman–Crippen LogP) is 3.23. The third kappa shape index (κ3) is 3.94. The molecule has 7 nitrogen and oxygen atoms in total. The normalized spacial score (nSPS) is 11.4. The third-order valence-corrected chi connectivity index (χ3v) is 5.17. The van der Waals surface area contributed by atoms with E-state index in [2.05, 4.69) is 10.9 Å². The van der Waals surface area contributed by atoms with Gasteiger partial charge in [-0.25, -0.2) is 0 Å². The molecule has 0 saturated carbocycles. The number of rotatable bonds is 5. The number of hydrogen-bond acceptors (Lipinski definition) is 5.